The first-order valence-electron chi connectivity index (χ1n) is 11.6. The molecular formula is C24H25N5O6S3. The molecule has 0 saturated carbocycles. The van der Waals surface area contributed by atoms with Gasteiger partial charge < -0.3 is 10.1 Å². The summed E-state index contributed by atoms with van der Waals surface area (Å²) in [6.45, 7) is 1.02. The highest BCUT2D eigenvalue weighted by atomic mass is 32.2. The van der Waals surface area contributed by atoms with E-state index in [0.717, 1.165) is 42.4 Å². The van der Waals surface area contributed by atoms with E-state index in [4.69, 9.17) is 0 Å². The van der Waals surface area contributed by atoms with E-state index in [1.54, 1.807) is 24.3 Å². The Morgan fingerprint density at radius 1 is 0.947 bits per heavy atom. The van der Waals surface area contributed by atoms with Crippen molar-refractivity contribution >= 4 is 61.7 Å². The van der Waals surface area contributed by atoms with Gasteiger partial charge in [-0.05, 0) is 61.4 Å². The minimum Gasteiger partial charge on any atom is -0.465 e. The first-order chi connectivity index (χ1) is 18.3. The van der Waals surface area contributed by atoms with Crippen molar-refractivity contribution in [3.05, 3.63) is 59.7 Å². The molecule has 1 aliphatic rings. The number of carbonyl (C=O) groups excluding carboxylic acids is 3. The molecule has 3 aromatic rings. The molecule has 1 saturated heterocycles. The lowest BCUT2D eigenvalue weighted by Gasteiger charge is -2.25. The molecule has 4 rings (SSSR count). The SMILES string of the molecule is COC(=O)c1ccc(NC(=O)CSc2nnc(NC(=O)c3ccc(S(=O)(=O)N4CCCCC4)cc3)s2)cc1. The maximum absolute atomic E-state index is 12.8. The number of methoxy groups -OCH3 is 1. The van der Waals surface area contributed by atoms with Gasteiger partial charge in [0.15, 0.2) is 4.34 Å². The van der Waals surface area contributed by atoms with Crippen molar-refractivity contribution < 1.29 is 27.5 Å². The van der Waals surface area contributed by atoms with Gasteiger partial charge in [0.25, 0.3) is 5.91 Å². The van der Waals surface area contributed by atoms with Crippen LogP contribution in [-0.4, -0.2) is 66.7 Å². The van der Waals surface area contributed by atoms with Crippen LogP contribution in [-0.2, 0) is 19.6 Å². The number of thioether (sulfide) groups is 1. The standard InChI is InChI=1S/C24H25N5O6S3/c1-35-22(32)17-5-9-18(10-6-17)25-20(30)15-36-24-28-27-23(37-24)26-21(31)16-7-11-19(12-8-16)38(33,34)29-13-3-2-4-14-29/h5-12H,2-4,13-15H2,1H3,(H,25,30)(H,26,27,31). The summed E-state index contributed by atoms with van der Waals surface area (Å²) in [4.78, 5) is 36.5. The molecule has 1 aliphatic heterocycles. The van der Waals surface area contributed by atoms with E-state index in [1.165, 1.54) is 35.7 Å². The number of benzene rings is 2. The topological polar surface area (TPSA) is 148 Å². The fraction of sp³-hybridized carbons (Fsp3) is 0.292. The van der Waals surface area contributed by atoms with Crippen molar-refractivity contribution in [3.8, 4) is 0 Å². The van der Waals surface area contributed by atoms with E-state index in [-0.39, 0.29) is 27.3 Å². The summed E-state index contributed by atoms with van der Waals surface area (Å²) in [6, 6.07) is 12.1. The van der Waals surface area contributed by atoms with Crippen LogP contribution in [0.4, 0.5) is 10.8 Å². The van der Waals surface area contributed by atoms with Gasteiger partial charge in [0.05, 0.1) is 23.3 Å². The Kier molecular flexibility index (Phi) is 9.09. The van der Waals surface area contributed by atoms with E-state index in [9.17, 15) is 22.8 Å². The third-order valence-electron chi connectivity index (χ3n) is 5.61. The Hall–Kier alpha value is -3.33. The highest BCUT2D eigenvalue weighted by Gasteiger charge is 2.26. The number of nitrogens with one attached hydrogen (secondary N) is 2. The molecule has 2 aromatic carbocycles. The van der Waals surface area contributed by atoms with Gasteiger partial charge >= 0.3 is 5.97 Å². The average Bonchev–Trinajstić information content (AvgIpc) is 3.39. The third kappa shape index (κ3) is 6.95. The number of hydrogen-bond acceptors (Lipinski definition) is 10. The number of amides is 2. The van der Waals surface area contributed by atoms with E-state index >= 15 is 0 Å². The maximum Gasteiger partial charge on any atom is 0.337 e. The summed E-state index contributed by atoms with van der Waals surface area (Å²) in [5.74, 6) is -1.13. The molecule has 200 valence electrons. The van der Waals surface area contributed by atoms with Crippen molar-refractivity contribution in [1.82, 2.24) is 14.5 Å². The third-order valence-corrected chi connectivity index (χ3v) is 9.50. The number of sulfonamides is 1. The van der Waals surface area contributed by atoms with Gasteiger partial charge in [-0.2, -0.15) is 4.31 Å². The second-order valence-electron chi connectivity index (χ2n) is 8.22. The lowest BCUT2D eigenvalue weighted by atomic mass is 10.2. The molecule has 0 spiro atoms. The van der Waals surface area contributed by atoms with Gasteiger partial charge in [-0.15, -0.1) is 10.2 Å². The quantitative estimate of drug-likeness (QED) is 0.222. The maximum atomic E-state index is 12.8. The molecule has 0 bridgehead atoms. The Bertz CT molecular complexity index is 1400. The molecule has 0 radical (unpaired) electrons. The molecule has 0 aliphatic carbocycles. The summed E-state index contributed by atoms with van der Waals surface area (Å²) < 4.78 is 32.2. The molecule has 2 amide bonds. The van der Waals surface area contributed by atoms with Gasteiger partial charge in [0.1, 0.15) is 0 Å². The molecule has 14 heteroatoms. The second kappa shape index (κ2) is 12.5. The van der Waals surface area contributed by atoms with E-state index < -0.39 is 21.9 Å². The summed E-state index contributed by atoms with van der Waals surface area (Å²) in [5.41, 5.74) is 1.19. The first kappa shape index (κ1) is 27.7. The minimum absolute atomic E-state index is 0.0638. The molecule has 11 nitrogen and oxygen atoms in total. The van der Waals surface area contributed by atoms with E-state index in [0.29, 0.717) is 28.7 Å². The number of esters is 1. The minimum atomic E-state index is -3.57. The zero-order valence-electron chi connectivity index (χ0n) is 20.4. The van der Waals surface area contributed by atoms with Gasteiger partial charge in [0.2, 0.25) is 21.1 Å². The van der Waals surface area contributed by atoms with E-state index in [1.807, 2.05) is 0 Å². The molecule has 2 heterocycles. The van der Waals surface area contributed by atoms with Crippen molar-refractivity contribution in [1.29, 1.82) is 0 Å². The van der Waals surface area contributed by atoms with Crippen LogP contribution in [0, 0.1) is 0 Å². The Labute approximate surface area is 228 Å². The number of hydrogen-bond donors (Lipinski definition) is 2. The predicted molar refractivity (Wildman–Crippen MR) is 144 cm³/mol. The number of ether oxygens (including phenoxy) is 1. The smallest absolute Gasteiger partial charge is 0.337 e. The zero-order valence-corrected chi connectivity index (χ0v) is 22.8. The summed E-state index contributed by atoms with van der Waals surface area (Å²) in [7, 11) is -2.28. The monoisotopic (exact) mass is 575 g/mol. The molecule has 0 atom stereocenters. The second-order valence-corrected chi connectivity index (χ2v) is 12.4. The highest BCUT2D eigenvalue weighted by molar-refractivity contribution is 8.01. The number of carbonyl (C=O) groups is 3. The number of nitrogens with zero attached hydrogens (tertiary/aromatic N) is 3. The number of piperidine rings is 1. The van der Waals surface area contributed by atoms with Gasteiger partial charge in [-0.1, -0.05) is 29.5 Å². The van der Waals surface area contributed by atoms with Crippen LogP contribution in [0.1, 0.15) is 40.0 Å². The summed E-state index contributed by atoms with van der Waals surface area (Å²) >= 11 is 2.27. The largest absolute Gasteiger partial charge is 0.465 e. The predicted octanol–water partition coefficient (Wildman–Crippen LogP) is 3.48. The zero-order chi connectivity index (χ0) is 27.1. The fourth-order valence-electron chi connectivity index (χ4n) is 3.65. The van der Waals surface area contributed by atoms with Crippen LogP contribution in [0.15, 0.2) is 57.8 Å². The Balaban J connectivity index is 1.27. The van der Waals surface area contributed by atoms with Gasteiger partial charge in [-0.25, -0.2) is 13.2 Å². The molecule has 1 aromatic heterocycles. The summed E-state index contributed by atoms with van der Waals surface area (Å²) in [6.07, 6.45) is 2.72. The first-order valence-corrected chi connectivity index (χ1v) is 14.9. The number of aromatic nitrogens is 2. The molecule has 1 fully saturated rings. The van der Waals surface area contributed by atoms with Crippen LogP contribution in [0.2, 0.25) is 0 Å². The fourth-order valence-corrected chi connectivity index (χ4v) is 6.72. The van der Waals surface area contributed by atoms with Crippen molar-refractivity contribution in [2.45, 2.75) is 28.5 Å². The van der Waals surface area contributed by atoms with Gasteiger partial charge in [0, 0.05) is 24.3 Å². The molecule has 38 heavy (non-hydrogen) atoms. The van der Waals surface area contributed by atoms with Crippen LogP contribution >= 0.6 is 23.1 Å². The Morgan fingerprint density at radius 2 is 1.61 bits per heavy atom. The summed E-state index contributed by atoms with van der Waals surface area (Å²) in [5, 5.41) is 13.5. The lowest BCUT2D eigenvalue weighted by Crippen LogP contribution is -2.35. The van der Waals surface area contributed by atoms with E-state index in [2.05, 4.69) is 25.6 Å². The van der Waals surface area contributed by atoms with Crippen molar-refractivity contribution in [2.75, 3.05) is 36.6 Å². The highest BCUT2D eigenvalue weighted by Crippen LogP contribution is 2.26. The Morgan fingerprint density at radius 3 is 2.26 bits per heavy atom. The van der Waals surface area contributed by atoms with Crippen LogP contribution in [0.3, 0.4) is 0 Å². The van der Waals surface area contributed by atoms with Crippen molar-refractivity contribution in [2.24, 2.45) is 0 Å². The normalized spacial score (nSPS) is 14.0. The number of anilines is 2. The molecule has 0 unspecified atom stereocenters. The van der Waals surface area contributed by atoms with Gasteiger partial charge in [-0.3, -0.25) is 14.9 Å². The number of rotatable bonds is 9. The van der Waals surface area contributed by atoms with Crippen LogP contribution in [0.25, 0.3) is 0 Å². The lowest BCUT2D eigenvalue weighted by molar-refractivity contribution is -0.113. The van der Waals surface area contributed by atoms with Crippen LogP contribution < -0.4 is 10.6 Å². The molecule has 2 N–H and O–H groups in total. The molecular weight excluding hydrogens is 550 g/mol. The van der Waals surface area contributed by atoms with Crippen LogP contribution in [0.5, 0.6) is 0 Å². The average molecular weight is 576 g/mol. The van der Waals surface area contributed by atoms with Crippen molar-refractivity contribution in [3.63, 3.8) is 0 Å².